The van der Waals surface area contributed by atoms with Crippen molar-refractivity contribution < 1.29 is 14.6 Å². The lowest BCUT2D eigenvalue weighted by Crippen LogP contribution is -2.46. The molecule has 5 rings (SSSR count). The number of benzene rings is 1. The second kappa shape index (κ2) is 9.28. The molecule has 8 heteroatoms. The largest absolute Gasteiger partial charge is 0.497 e. The highest BCUT2D eigenvalue weighted by atomic mass is 16.5. The Kier molecular flexibility index (Phi) is 6.17. The summed E-state index contributed by atoms with van der Waals surface area (Å²) in [5.41, 5.74) is 3.17. The topological polar surface area (TPSA) is 87.9 Å². The van der Waals surface area contributed by atoms with E-state index in [-0.39, 0.29) is 36.1 Å². The lowest BCUT2D eigenvalue weighted by atomic mass is 9.86. The van der Waals surface area contributed by atoms with Gasteiger partial charge in [0.05, 0.1) is 19.1 Å². The van der Waals surface area contributed by atoms with Crippen LogP contribution < -0.4 is 10.3 Å². The van der Waals surface area contributed by atoms with Crippen molar-refractivity contribution in [2.24, 2.45) is 11.8 Å². The second-order valence-electron chi connectivity index (χ2n) is 9.47. The first-order chi connectivity index (χ1) is 16.9. The Morgan fingerprint density at radius 1 is 1.17 bits per heavy atom. The third-order valence-corrected chi connectivity index (χ3v) is 7.39. The van der Waals surface area contributed by atoms with Gasteiger partial charge in [-0.2, -0.15) is 0 Å². The van der Waals surface area contributed by atoms with E-state index in [1.807, 2.05) is 54.7 Å². The van der Waals surface area contributed by atoms with Gasteiger partial charge in [0.2, 0.25) is 5.91 Å². The number of nitrogens with zero attached hydrogens (tertiary/aromatic N) is 4. The highest BCUT2D eigenvalue weighted by molar-refractivity contribution is 5.80. The van der Waals surface area contributed by atoms with Crippen molar-refractivity contribution in [2.45, 2.75) is 25.2 Å². The number of fused-ring (bicyclic) bond motifs is 4. The smallest absolute Gasteiger partial charge is 0.258 e. The predicted octanol–water partition coefficient (Wildman–Crippen LogP) is 2.17. The van der Waals surface area contributed by atoms with E-state index in [1.54, 1.807) is 36.9 Å². The molecular weight excluding hydrogens is 444 g/mol. The predicted molar refractivity (Wildman–Crippen MR) is 132 cm³/mol. The Morgan fingerprint density at radius 3 is 2.57 bits per heavy atom. The molecule has 2 aliphatic heterocycles. The van der Waals surface area contributed by atoms with E-state index >= 15 is 0 Å². The van der Waals surface area contributed by atoms with Gasteiger partial charge in [0, 0.05) is 69.4 Å². The van der Waals surface area contributed by atoms with Gasteiger partial charge in [-0.3, -0.25) is 19.5 Å². The molecule has 0 unspecified atom stereocenters. The van der Waals surface area contributed by atoms with Crippen LogP contribution in [0.2, 0.25) is 0 Å². The molecule has 4 heterocycles. The fourth-order valence-electron chi connectivity index (χ4n) is 5.71. The van der Waals surface area contributed by atoms with Gasteiger partial charge in [0.1, 0.15) is 5.75 Å². The minimum absolute atomic E-state index is 0.0344. The van der Waals surface area contributed by atoms with Crippen LogP contribution in [0.15, 0.2) is 65.7 Å². The molecule has 0 spiro atoms. The third-order valence-electron chi connectivity index (χ3n) is 7.39. The molecule has 4 atom stereocenters. The monoisotopic (exact) mass is 474 g/mol. The van der Waals surface area contributed by atoms with Gasteiger partial charge in [0.25, 0.3) is 5.56 Å². The van der Waals surface area contributed by atoms with E-state index in [0.717, 1.165) is 22.6 Å². The quantitative estimate of drug-likeness (QED) is 0.589. The molecule has 3 aromatic rings. The number of aliphatic hydroxyl groups is 1. The maximum absolute atomic E-state index is 13.7. The van der Waals surface area contributed by atoms with Crippen molar-refractivity contribution in [2.75, 3.05) is 27.8 Å². The number of pyridine rings is 2. The first kappa shape index (κ1) is 23.3. The number of aliphatic hydroxyl groups excluding tert-OH is 1. The number of methoxy groups -OCH3 is 1. The van der Waals surface area contributed by atoms with Crippen LogP contribution in [0, 0.1) is 11.8 Å². The van der Waals surface area contributed by atoms with E-state index in [0.29, 0.717) is 18.7 Å². The summed E-state index contributed by atoms with van der Waals surface area (Å²) < 4.78 is 7.05. The summed E-state index contributed by atoms with van der Waals surface area (Å²) >= 11 is 0. The molecule has 2 aromatic heterocycles. The van der Waals surface area contributed by atoms with Crippen LogP contribution in [0.25, 0.3) is 11.1 Å². The summed E-state index contributed by atoms with van der Waals surface area (Å²) in [6.45, 7) is 0.881. The number of amides is 1. The lowest BCUT2D eigenvalue weighted by molar-refractivity contribution is -0.135. The highest BCUT2D eigenvalue weighted by Gasteiger charge is 2.56. The van der Waals surface area contributed by atoms with E-state index in [2.05, 4.69) is 9.88 Å². The van der Waals surface area contributed by atoms with Crippen LogP contribution in [-0.4, -0.2) is 64.2 Å². The molecule has 2 aliphatic rings. The van der Waals surface area contributed by atoms with E-state index < -0.39 is 5.92 Å². The summed E-state index contributed by atoms with van der Waals surface area (Å²) in [6, 6.07) is 14.7. The molecule has 182 valence electrons. The molecule has 0 radical (unpaired) electrons. The fraction of sp³-hybridized carbons (Fsp3) is 0.370. The molecule has 1 aromatic carbocycles. The van der Waals surface area contributed by atoms with Crippen molar-refractivity contribution in [3.8, 4) is 16.9 Å². The van der Waals surface area contributed by atoms with Crippen molar-refractivity contribution in [1.82, 2.24) is 19.4 Å². The molecule has 0 saturated carbocycles. The molecular formula is C27H30N4O4. The van der Waals surface area contributed by atoms with Crippen molar-refractivity contribution in [3.63, 3.8) is 0 Å². The van der Waals surface area contributed by atoms with E-state index in [9.17, 15) is 14.7 Å². The molecule has 1 fully saturated rings. The average Bonchev–Trinajstić information content (AvgIpc) is 3.08. The molecule has 1 amide bonds. The summed E-state index contributed by atoms with van der Waals surface area (Å²) in [4.78, 5) is 35.2. The van der Waals surface area contributed by atoms with Gasteiger partial charge < -0.3 is 19.3 Å². The van der Waals surface area contributed by atoms with Gasteiger partial charge in [0.15, 0.2) is 0 Å². The number of rotatable bonds is 6. The van der Waals surface area contributed by atoms with Crippen molar-refractivity contribution in [1.29, 1.82) is 0 Å². The number of carbonyl (C=O) groups excluding carboxylic acids is 1. The lowest BCUT2D eigenvalue weighted by Gasteiger charge is -2.38. The summed E-state index contributed by atoms with van der Waals surface area (Å²) in [6.07, 6.45) is 3.56. The minimum atomic E-state index is -0.448. The van der Waals surface area contributed by atoms with Crippen LogP contribution in [-0.2, 0) is 17.9 Å². The summed E-state index contributed by atoms with van der Waals surface area (Å²) in [5, 5.41) is 10.4. The summed E-state index contributed by atoms with van der Waals surface area (Å²) in [7, 11) is 5.09. The van der Waals surface area contributed by atoms with Crippen LogP contribution in [0.1, 0.15) is 17.3 Å². The zero-order valence-corrected chi connectivity index (χ0v) is 20.2. The average molecular weight is 475 g/mol. The maximum Gasteiger partial charge on any atom is 0.258 e. The van der Waals surface area contributed by atoms with Gasteiger partial charge in [-0.25, -0.2) is 0 Å². The second-order valence-corrected chi connectivity index (χ2v) is 9.47. The molecule has 8 nitrogen and oxygen atoms in total. The standard InChI is InChI=1S/C27H30N4O4/c1-29(2)27(34)24-21(16-32)23-15-31-22(25(24)30(23)14-17-5-4-12-28-13-17)11-10-20(26(31)33)18-6-8-19(35-3)9-7-18/h4-13,21,23-25,32H,14-16H2,1-3H3/t21-,23-,24+,25+/m0/s1. The number of ether oxygens (including phenoxy) is 1. The Bertz CT molecular complexity index is 1270. The van der Waals surface area contributed by atoms with Crippen LogP contribution in [0.4, 0.5) is 0 Å². The molecule has 1 N–H and O–H groups in total. The van der Waals surface area contributed by atoms with E-state index in [1.165, 1.54) is 0 Å². The van der Waals surface area contributed by atoms with Crippen molar-refractivity contribution >= 4 is 5.91 Å². The third kappa shape index (κ3) is 3.92. The first-order valence-electron chi connectivity index (χ1n) is 11.8. The SMILES string of the molecule is COc1ccc(-c2ccc3n(c2=O)C[C@H]2[C@H](CO)[C@@H](C(=O)N(C)C)[C@@H]3N2Cc2cccnc2)cc1. The first-order valence-corrected chi connectivity index (χ1v) is 11.8. The minimum Gasteiger partial charge on any atom is -0.497 e. The number of aromatic nitrogens is 2. The van der Waals surface area contributed by atoms with Gasteiger partial charge in [-0.05, 0) is 41.5 Å². The number of hydrogen-bond acceptors (Lipinski definition) is 6. The number of carbonyl (C=O) groups is 1. The van der Waals surface area contributed by atoms with Crippen LogP contribution in [0.5, 0.6) is 5.75 Å². The maximum atomic E-state index is 13.7. The van der Waals surface area contributed by atoms with Gasteiger partial charge in [-0.15, -0.1) is 0 Å². The molecule has 35 heavy (non-hydrogen) atoms. The van der Waals surface area contributed by atoms with Crippen LogP contribution in [0.3, 0.4) is 0 Å². The van der Waals surface area contributed by atoms with Crippen molar-refractivity contribution in [3.05, 3.63) is 82.5 Å². The van der Waals surface area contributed by atoms with Gasteiger partial charge in [-0.1, -0.05) is 18.2 Å². The zero-order chi connectivity index (χ0) is 24.7. The summed E-state index contributed by atoms with van der Waals surface area (Å²) in [5.74, 6) is -0.0356. The molecule has 2 bridgehead atoms. The Balaban J connectivity index is 1.62. The number of hydrogen-bond donors (Lipinski definition) is 1. The molecule has 0 aliphatic carbocycles. The normalized spacial score (nSPS) is 23.1. The van der Waals surface area contributed by atoms with Gasteiger partial charge >= 0.3 is 0 Å². The Morgan fingerprint density at radius 2 is 1.94 bits per heavy atom. The highest BCUT2D eigenvalue weighted by Crippen LogP contribution is 2.49. The van der Waals surface area contributed by atoms with E-state index in [4.69, 9.17) is 4.74 Å². The molecule has 1 saturated heterocycles. The zero-order valence-electron chi connectivity index (χ0n) is 20.2. The Hall–Kier alpha value is -3.49. The fourth-order valence-corrected chi connectivity index (χ4v) is 5.71. The van der Waals surface area contributed by atoms with Crippen LogP contribution >= 0.6 is 0 Å². The Labute approximate surface area is 204 Å².